The number of thiophene rings is 1. The van der Waals surface area contributed by atoms with Crippen LogP contribution in [0.3, 0.4) is 0 Å². The van der Waals surface area contributed by atoms with Crippen LogP contribution in [-0.4, -0.2) is 20.4 Å². The molecule has 74 valence electrons. The molecule has 0 amide bonds. The number of H-pyrrole nitrogens is 1. The van der Waals surface area contributed by atoms with Crippen molar-refractivity contribution in [3.63, 3.8) is 0 Å². The molecular weight excluding hydrogens is 208 g/mol. The van der Waals surface area contributed by atoms with Crippen molar-refractivity contribution in [3.05, 3.63) is 40.5 Å². The molecule has 0 spiro atoms. The van der Waals surface area contributed by atoms with Gasteiger partial charge in [-0.3, -0.25) is 5.10 Å². The van der Waals surface area contributed by atoms with Crippen molar-refractivity contribution < 1.29 is 0 Å². The molecule has 3 aromatic rings. The second kappa shape index (κ2) is 3.43. The molecule has 0 bridgehead atoms. The number of fused-ring (bicyclic) bond motifs is 1. The molecule has 4 nitrogen and oxygen atoms in total. The molecule has 15 heavy (non-hydrogen) atoms. The molecule has 1 N–H and O–H groups in total. The third-order valence-corrected chi connectivity index (χ3v) is 3.00. The first kappa shape index (κ1) is 8.55. The molecule has 0 saturated heterocycles. The molecule has 0 aliphatic heterocycles. The van der Waals surface area contributed by atoms with Gasteiger partial charge in [-0.25, -0.2) is 0 Å². The van der Waals surface area contributed by atoms with E-state index in [1.807, 2.05) is 6.20 Å². The van der Waals surface area contributed by atoms with Crippen molar-refractivity contribution in [2.75, 3.05) is 0 Å². The number of aromatic amines is 1. The summed E-state index contributed by atoms with van der Waals surface area (Å²) in [6.07, 6.45) is 4.34. The Morgan fingerprint density at radius 3 is 3.27 bits per heavy atom. The number of rotatable bonds is 2. The normalized spacial score (nSPS) is 10.9. The smallest absolute Gasteiger partial charge is 0.117 e. The molecule has 0 saturated carbocycles. The highest BCUT2D eigenvalue weighted by Crippen LogP contribution is 2.16. The van der Waals surface area contributed by atoms with E-state index in [4.69, 9.17) is 0 Å². The zero-order chi connectivity index (χ0) is 10.1. The predicted octanol–water partition coefficient (Wildman–Crippen LogP) is 2.01. The SMILES string of the molecule is c1cc(Cc2nncc3c[nH]nc23)cs1. The fraction of sp³-hybridized carbons (Fsp3) is 0.100. The van der Waals surface area contributed by atoms with Crippen LogP contribution in [-0.2, 0) is 6.42 Å². The third-order valence-electron chi connectivity index (χ3n) is 2.27. The maximum absolute atomic E-state index is 4.18. The molecule has 0 aromatic carbocycles. The summed E-state index contributed by atoms with van der Waals surface area (Å²) in [7, 11) is 0. The fourth-order valence-corrected chi connectivity index (χ4v) is 2.21. The van der Waals surface area contributed by atoms with Crippen molar-refractivity contribution in [1.29, 1.82) is 0 Å². The lowest BCUT2D eigenvalue weighted by Gasteiger charge is -1.97. The third kappa shape index (κ3) is 1.50. The van der Waals surface area contributed by atoms with Gasteiger partial charge in [-0.2, -0.15) is 26.6 Å². The van der Waals surface area contributed by atoms with E-state index in [1.165, 1.54) is 5.56 Å². The summed E-state index contributed by atoms with van der Waals surface area (Å²) in [5, 5.41) is 20.3. The van der Waals surface area contributed by atoms with Crippen LogP contribution in [0.2, 0.25) is 0 Å². The number of nitrogens with one attached hydrogen (secondary N) is 1. The van der Waals surface area contributed by atoms with Crippen LogP contribution < -0.4 is 0 Å². The second-order valence-electron chi connectivity index (χ2n) is 3.29. The largest absolute Gasteiger partial charge is 0.284 e. The Hall–Kier alpha value is -1.75. The Balaban J connectivity index is 2.07. The van der Waals surface area contributed by atoms with Gasteiger partial charge in [-0.1, -0.05) is 0 Å². The molecule has 0 aliphatic rings. The van der Waals surface area contributed by atoms with Gasteiger partial charge in [0.15, 0.2) is 0 Å². The maximum atomic E-state index is 4.18. The van der Waals surface area contributed by atoms with Crippen LogP contribution >= 0.6 is 11.3 Å². The summed E-state index contributed by atoms with van der Waals surface area (Å²) in [5.41, 5.74) is 3.09. The van der Waals surface area contributed by atoms with Gasteiger partial charge in [0.2, 0.25) is 0 Å². The molecular formula is C10H8N4S. The van der Waals surface area contributed by atoms with Crippen LogP contribution in [0.4, 0.5) is 0 Å². The minimum absolute atomic E-state index is 0.790. The van der Waals surface area contributed by atoms with Crippen molar-refractivity contribution in [1.82, 2.24) is 20.4 Å². The summed E-state index contributed by atoms with van der Waals surface area (Å²) >= 11 is 1.69. The highest BCUT2D eigenvalue weighted by atomic mass is 32.1. The zero-order valence-corrected chi connectivity index (χ0v) is 8.66. The van der Waals surface area contributed by atoms with Gasteiger partial charge >= 0.3 is 0 Å². The van der Waals surface area contributed by atoms with Crippen LogP contribution in [0.15, 0.2) is 29.2 Å². The van der Waals surface area contributed by atoms with E-state index in [0.29, 0.717) is 0 Å². The van der Waals surface area contributed by atoms with E-state index < -0.39 is 0 Å². The summed E-state index contributed by atoms with van der Waals surface area (Å²) in [6.45, 7) is 0. The number of aromatic nitrogens is 4. The van der Waals surface area contributed by atoms with E-state index >= 15 is 0 Å². The lowest BCUT2D eigenvalue weighted by molar-refractivity contribution is 0.951. The van der Waals surface area contributed by atoms with Crippen molar-refractivity contribution in [2.45, 2.75) is 6.42 Å². The second-order valence-corrected chi connectivity index (χ2v) is 4.07. The van der Waals surface area contributed by atoms with Gasteiger partial charge in [-0.15, -0.1) is 0 Å². The average molecular weight is 216 g/mol. The summed E-state index contributed by atoms with van der Waals surface area (Å²) < 4.78 is 0. The van der Waals surface area contributed by atoms with E-state index in [-0.39, 0.29) is 0 Å². The van der Waals surface area contributed by atoms with E-state index in [0.717, 1.165) is 23.0 Å². The summed E-state index contributed by atoms with van der Waals surface area (Å²) in [5.74, 6) is 0. The topological polar surface area (TPSA) is 54.5 Å². The first-order chi connectivity index (χ1) is 7.43. The first-order valence-electron chi connectivity index (χ1n) is 4.58. The van der Waals surface area contributed by atoms with Crippen molar-refractivity contribution in [3.8, 4) is 0 Å². The van der Waals surface area contributed by atoms with Crippen molar-refractivity contribution in [2.24, 2.45) is 0 Å². The first-order valence-corrected chi connectivity index (χ1v) is 5.53. The van der Waals surface area contributed by atoms with Crippen LogP contribution in [0.25, 0.3) is 10.9 Å². The lowest BCUT2D eigenvalue weighted by atomic mass is 10.1. The molecule has 0 fully saturated rings. The molecule has 0 atom stereocenters. The highest BCUT2D eigenvalue weighted by molar-refractivity contribution is 7.07. The molecule has 3 aromatic heterocycles. The molecule has 0 unspecified atom stereocenters. The molecule has 0 aliphatic carbocycles. The highest BCUT2D eigenvalue weighted by Gasteiger charge is 2.06. The molecule has 3 heterocycles. The Labute approximate surface area is 90.0 Å². The van der Waals surface area contributed by atoms with E-state index in [9.17, 15) is 0 Å². The minimum Gasteiger partial charge on any atom is -0.284 e. The molecule has 0 radical (unpaired) electrons. The van der Waals surface area contributed by atoms with Gasteiger partial charge in [0.05, 0.1) is 11.9 Å². The van der Waals surface area contributed by atoms with Crippen LogP contribution in [0, 0.1) is 0 Å². The standard InChI is InChI=1S/C10H8N4S/c1-2-15-6-7(1)3-9-10-8(4-11-13-9)5-12-14-10/h1-2,4-6H,3H2,(H,12,14). The van der Waals surface area contributed by atoms with Crippen LogP contribution in [0.1, 0.15) is 11.3 Å². The van der Waals surface area contributed by atoms with Gasteiger partial charge in [0, 0.05) is 18.0 Å². The number of nitrogens with zero attached hydrogens (tertiary/aromatic N) is 3. The minimum atomic E-state index is 0.790. The quantitative estimate of drug-likeness (QED) is 0.712. The molecule has 3 rings (SSSR count). The number of hydrogen-bond donors (Lipinski definition) is 1. The molecule has 5 heteroatoms. The van der Waals surface area contributed by atoms with Crippen molar-refractivity contribution >= 4 is 22.2 Å². The zero-order valence-electron chi connectivity index (χ0n) is 7.84. The predicted molar refractivity (Wildman–Crippen MR) is 58.8 cm³/mol. The average Bonchev–Trinajstić information content (AvgIpc) is 2.87. The fourth-order valence-electron chi connectivity index (χ4n) is 1.54. The van der Waals surface area contributed by atoms with Gasteiger partial charge in [-0.05, 0) is 22.4 Å². The maximum Gasteiger partial charge on any atom is 0.117 e. The van der Waals surface area contributed by atoms with E-state index in [1.54, 1.807) is 17.5 Å². The Kier molecular flexibility index (Phi) is 1.96. The monoisotopic (exact) mass is 216 g/mol. The van der Waals surface area contributed by atoms with Gasteiger partial charge in [0.1, 0.15) is 5.52 Å². The van der Waals surface area contributed by atoms with Crippen LogP contribution in [0.5, 0.6) is 0 Å². The van der Waals surface area contributed by atoms with Gasteiger partial charge in [0.25, 0.3) is 0 Å². The Morgan fingerprint density at radius 1 is 1.40 bits per heavy atom. The Morgan fingerprint density at radius 2 is 2.40 bits per heavy atom. The summed E-state index contributed by atoms with van der Waals surface area (Å²) in [4.78, 5) is 0. The van der Waals surface area contributed by atoms with Gasteiger partial charge < -0.3 is 0 Å². The number of hydrogen-bond acceptors (Lipinski definition) is 4. The summed E-state index contributed by atoms with van der Waals surface area (Å²) in [6, 6.07) is 2.10. The lowest BCUT2D eigenvalue weighted by Crippen LogP contribution is -1.94. The Bertz CT molecular complexity index is 570. The van der Waals surface area contributed by atoms with E-state index in [2.05, 4.69) is 37.2 Å².